The highest BCUT2D eigenvalue weighted by Gasteiger charge is 2.51. The Labute approximate surface area is 120 Å². The molecule has 0 aliphatic carbocycles. The Bertz CT molecular complexity index is 358. The van der Waals surface area contributed by atoms with E-state index in [-0.39, 0.29) is 0 Å². The minimum atomic E-state index is -1.88. The molecule has 0 radical (unpaired) electrons. The zero-order valence-corrected chi connectivity index (χ0v) is 12.7. The largest absolute Gasteiger partial charge is 0.245 e. The zero-order chi connectivity index (χ0) is 11.9. The molecule has 0 aliphatic rings. The van der Waals surface area contributed by atoms with Crippen LogP contribution in [0.2, 0.25) is 0 Å². The molecular formula is C6H5BrCl5N3. The minimum absolute atomic E-state index is 0.313. The maximum Gasteiger partial charge on any atom is 0.228 e. The molecule has 1 aromatic heterocycles. The van der Waals surface area contributed by atoms with E-state index in [2.05, 4.69) is 26.2 Å². The van der Waals surface area contributed by atoms with Gasteiger partial charge in [-0.15, -0.1) is 5.10 Å². The third-order valence-electron chi connectivity index (χ3n) is 1.65. The third-order valence-corrected chi connectivity index (χ3v) is 4.54. The number of alkyl halides is 5. The number of hydrogen-bond acceptors (Lipinski definition) is 2. The molecule has 0 atom stereocenters. The molecule has 0 bridgehead atoms. The summed E-state index contributed by atoms with van der Waals surface area (Å²) in [6.07, 6.45) is 0. The van der Waals surface area contributed by atoms with Gasteiger partial charge in [0, 0.05) is 6.54 Å². The van der Waals surface area contributed by atoms with Crippen LogP contribution in [-0.2, 0) is 10.9 Å². The Morgan fingerprint density at radius 2 is 1.80 bits per heavy atom. The summed E-state index contributed by atoms with van der Waals surface area (Å²) in [7, 11) is 0. The van der Waals surface area contributed by atoms with Gasteiger partial charge in [-0.2, -0.15) is 0 Å². The van der Waals surface area contributed by atoms with Gasteiger partial charge in [0.25, 0.3) is 0 Å². The van der Waals surface area contributed by atoms with Crippen molar-refractivity contribution in [1.82, 2.24) is 15.0 Å². The molecule has 9 heteroatoms. The average Bonchev–Trinajstić information content (AvgIpc) is 2.44. The Hall–Kier alpha value is 1.07. The smallest absolute Gasteiger partial charge is 0.228 e. The predicted octanol–water partition coefficient (Wildman–Crippen LogP) is 4.06. The molecule has 0 aliphatic heterocycles. The van der Waals surface area contributed by atoms with E-state index in [9.17, 15) is 0 Å². The number of aryl methyl sites for hydroxylation is 1. The molecule has 86 valence electrons. The maximum atomic E-state index is 6.01. The van der Waals surface area contributed by atoms with Crippen LogP contribution in [-0.4, -0.2) is 18.8 Å². The molecular weight excluding hydrogens is 371 g/mol. The molecule has 1 heterocycles. The van der Waals surface area contributed by atoms with Crippen molar-refractivity contribution in [1.29, 1.82) is 0 Å². The van der Waals surface area contributed by atoms with Gasteiger partial charge in [-0.25, -0.2) is 4.68 Å². The van der Waals surface area contributed by atoms with Crippen LogP contribution in [0, 0.1) is 0 Å². The Kier molecular flexibility index (Phi) is 4.47. The highest BCUT2D eigenvalue weighted by Crippen LogP contribution is 2.53. The predicted molar refractivity (Wildman–Crippen MR) is 67.1 cm³/mol. The van der Waals surface area contributed by atoms with Crippen LogP contribution in [0.5, 0.6) is 0 Å². The fourth-order valence-electron chi connectivity index (χ4n) is 0.939. The monoisotopic (exact) mass is 373 g/mol. The molecule has 0 spiro atoms. The lowest BCUT2D eigenvalue weighted by Crippen LogP contribution is -2.31. The number of rotatable bonds is 2. The summed E-state index contributed by atoms with van der Waals surface area (Å²) in [6, 6.07) is 0. The van der Waals surface area contributed by atoms with Crippen LogP contribution in [0.1, 0.15) is 12.6 Å². The van der Waals surface area contributed by atoms with Crippen molar-refractivity contribution >= 4 is 73.9 Å². The fourth-order valence-corrected chi connectivity index (χ4v) is 2.38. The van der Waals surface area contributed by atoms with Gasteiger partial charge < -0.3 is 0 Å². The summed E-state index contributed by atoms with van der Waals surface area (Å²) in [5, 5.41) is 7.54. The molecule has 0 fully saturated rings. The van der Waals surface area contributed by atoms with Gasteiger partial charge in [0.2, 0.25) is 8.13 Å². The van der Waals surface area contributed by atoms with Crippen molar-refractivity contribution in [2.75, 3.05) is 0 Å². The van der Waals surface area contributed by atoms with Crippen molar-refractivity contribution in [2.24, 2.45) is 0 Å². The summed E-state index contributed by atoms with van der Waals surface area (Å²) in [5.74, 6) is 0. The Morgan fingerprint density at radius 1 is 1.27 bits per heavy atom. The van der Waals surface area contributed by atoms with Crippen LogP contribution in [0.25, 0.3) is 0 Å². The van der Waals surface area contributed by atoms with Crippen LogP contribution < -0.4 is 0 Å². The summed E-state index contributed by atoms with van der Waals surface area (Å²) >= 11 is 32.2. The third kappa shape index (κ3) is 2.67. The number of halogens is 6. The second kappa shape index (κ2) is 4.75. The van der Waals surface area contributed by atoms with E-state index in [0.29, 0.717) is 16.8 Å². The van der Waals surface area contributed by atoms with E-state index < -0.39 is 8.13 Å². The van der Waals surface area contributed by atoms with Gasteiger partial charge >= 0.3 is 0 Å². The van der Waals surface area contributed by atoms with Crippen molar-refractivity contribution in [3.05, 3.63) is 10.3 Å². The van der Waals surface area contributed by atoms with Crippen molar-refractivity contribution in [3.63, 3.8) is 0 Å². The standard InChI is InChI=1S/C6H5BrCl5N3/c1-2-15-3(4(7)13-14-15)5(8,9)6(10,11)12/h2H2,1H3. The Balaban J connectivity index is 3.31. The molecule has 1 rings (SSSR count). The van der Waals surface area contributed by atoms with E-state index in [1.165, 1.54) is 4.68 Å². The van der Waals surface area contributed by atoms with Gasteiger partial charge in [-0.3, -0.25) is 0 Å². The first-order valence-electron chi connectivity index (χ1n) is 3.75. The van der Waals surface area contributed by atoms with E-state index in [0.717, 1.165) is 0 Å². The van der Waals surface area contributed by atoms with Gasteiger partial charge in [-0.05, 0) is 22.9 Å². The van der Waals surface area contributed by atoms with E-state index >= 15 is 0 Å². The van der Waals surface area contributed by atoms with Crippen LogP contribution in [0.4, 0.5) is 0 Å². The highest BCUT2D eigenvalue weighted by atomic mass is 79.9. The molecule has 0 amide bonds. The normalized spacial score (nSPS) is 13.3. The minimum Gasteiger partial charge on any atom is -0.245 e. The summed E-state index contributed by atoms with van der Waals surface area (Å²) in [6.45, 7) is 2.35. The summed E-state index contributed by atoms with van der Waals surface area (Å²) in [4.78, 5) is 0. The summed E-state index contributed by atoms with van der Waals surface area (Å²) in [5.41, 5.74) is 0.313. The number of hydrogen-bond donors (Lipinski definition) is 0. The quantitative estimate of drug-likeness (QED) is 0.729. The van der Waals surface area contributed by atoms with E-state index in [4.69, 9.17) is 58.0 Å². The number of nitrogens with zero attached hydrogens (tertiary/aromatic N) is 3. The first-order valence-corrected chi connectivity index (χ1v) is 6.44. The van der Waals surface area contributed by atoms with Crippen LogP contribution >= 0.6 is 73.9 Å². The van der Waals surface area contributed by atoms with E-state index in [1.807, 2.05) is 6.92 Å². The molecule has 15 heavy (non-hydrogen) atoms. The van der Waals surface area contributed by atoms with Gasteiger partial charge in [0.1, 0.15) is 5.69 Å². The molecule has 0 saturated carbocycles. The van der Waals surface area contributed by atoms with Gasteiger partial charge in [-0.1, -0.05) is 63.2 Å². The fraction of sp³-hybridized carbons (Fsp3) is 0.667. The summed E-state index contributed by atoms with van der Waals surface area (Å²) < 4.78 is -1.81. The van der Waals surface area contributed by atoms with Gasteiger partial charge in [0.05, 0.1) is 0 Å². The molecule has 0 saturated heterocycles. The second-order valence-corrected chi connectivity index (χ2v) is 6.98. The SMILES string of the molecule is CCn1nnc(Br)c1C(Cl)(Cl)C(Cl)(Cl)Cl. The van der Waals surface area contributed by atoms with Crippen molar-refractivity contribution < 1.29 is 0 Å². The Morgan fingerprint density at radius 3 is 2.20 bits per heavy atom. The molecule has 0 N–H and O–H groups in total. The maximum absolute atomic E-state index is 6.01. The lowest BCUT2D eigenvalue weighted by Gasteiger charge is -2.27. The first-order chi connectivity index (χ1) is 6.71. The zero-order valence-electron chi connectivity index (χ0n) is 7.32. The first kappa shape index (κ1) is 14.1. The molecule has 3 nitrogen and oxygen atoms in total. The van der Waals surface area contributed by atoms with E-state index in [1.54, 1.807) is 0 Å². The molecule has 0 unspecified atom stereocenters. The lowest BCUT2D eigenvalue weighted by molar-refractivity contribution is 0.581. The van der Waals surface area contributed by atoms with Crippen LogP contribution in [0.15, 0.2) is 4.60 Å². The molecule has 0 aromatic carbocycles. The highest BCUT2D eigenvalue weighted by molar-refractivity contribution is 9.10. The van der Waals surface area contributed by atoms with Gasteiger partial charge in [0.15, 0.2) is 4.60 Å². The second-order valence-electron chi connectivity index (χ2n) is 2.62. The topological polar surface area (TPSA) is 30.7 Å². The lowest BCUT2D eigenvalue weighted by atomic mass is 10.3. The van der Waals surface area contributed by atoms with Crippen LogP contribution in [0.3, 0.4) is 0 Å². The van der Waals surface area contributed by atoms with Crippen molar-refractivity contribution in [2.45, 2.75) is 21.6 Å². The number of aromatic nitrogens is 3. The molecule has 1 aromatic rings. The van der Waals surface area contributed by atoms with Crippen molar-refractivity contribution in [3.8, 4) is 0 Å². The average molecular weight is 376 g/mol.